The van der Waals surface area contributed by atoms with Crippen LogP contribution in [0.5, 0.6) is 0 Å². The molecule has 0 aliphatic carbocycles. The number of aliphatic hydroxyl groups is 1. The van der Waals surface area contributed by atoms with E-state index >= 15 is 0 Å². The van der Waals surface area contributed by atoms with Gasteiger partial charge in [-0.2, -0.15) is 13.2 Å². The second-order valence-corrected chi connectivity index (χ2v) is 7.94. The molecule has 3 atom stereocenters. The van der Waals surface area contributed by atoms with Crippen molar-refractivity contribution in [1.82, 2.24) is 10.2 Å². The van der Waals surface area contributed by atoms with Gasteiger partial charge in [-0.3, -0.25) is 14.5 Å². The van der Waals surface area contributed by atoms with Gasteiger partial charge < -0.3 is 31.1 Å². The molecule has 6 N–H and O–H groups in total. The number of rotatable bonds is 6. The molecule has 0 aromatic heterocycles. The van der Waals surface area contributed by atoms with E-state index in [2.05, 4.69) is 5.32 Å². The molecule has 3 rings (SSSR count). The number of alkyl halides is 3. The molecule has 15 heteroatoms. The first-order valence-electron chi connectivity index (χ1n) is 9.31. The number of nitrogens with zero attached hydrogens (tertiary/aromatic N) is 1. The highest BCUT2D eigenvalue weighted by atomic mass is 32.2. The van der Waals surface area contributed by atoms with Gasteiger partial charge in [-0.1, -0.05) is 30.3 Å². The average Bonchev–Trinajstić information content (AvgIpc) is 2.80. The molecule has 11 nitrogen and oxygen atoms in total. The minimum absolute atomic E-state index is 0.193. The Labute approximate surface area is 194 Å². The van der Waals surface area contributed by atoms with Gasteiger partial charge in [0.05, 0.1) is 6.61 Å². The molecule has 2 unspecified atom stereocenters. The third-order valence-electron chi connectivity index (χ3n) is 4.82. The Bertz CT molecular complexity index is 1000. The van der Waals surface area contributed by atoms with Crippen molar-refractivity contribution in [3.63, 3.8) is 0 Å². The summed E-state index contributed by atoms with van der Waals surface area (Å²) in [4.78, 5) is 46.9. The van der Waals surface area contributed by atoms with Crippen LogP contribution in [0.2, 0.25) is 0 Å². The number of carboxylic acids is 2. The molecule has 1 aromatic carbocycles. The summed E-state index contributed by atoms with van der Waals surface area (Å²) in [6.45, 7) is -0.476. The van der Waals surface area contributed by atoms with Crippen LogP contribution in [0.25, 0.3) is 0 Å². The van der Waals surface area contributed by atoms with E-state index in [0.29, 0.717) is 5.56 Å². The lowest BCUT2D eigenvalue weighted by molar-refractivity contribution is -0.192. The first-order valence-corrected chi connectivity index (χ1v) is 10.4. The minimum Gasteiger partial charge on any atom is -0.477 e. The van der Waals surface area contributed by atoms with Crippen molar-refractivity contribution >= 4 is 35.5 Å². The SMILES string of the molecule is CO[C@@]1(NC(=O)C(N)c2ccccc2)C(=O)N2C(C(=O)O)=C(CO)CSC21.O=C(O)C(F)(F)F. The van der Waals surface area contributed by atoms with Crippen molar-refractivity contribution in [1.29, 1.82) is 0 Å². The molecule has 0 spiro atoms. The molecule has 2 heterocycles. The lowest BCUT2D eigenvalue weighted by Crippen LogP contribution is -2.81. The van der Waals surface area contributed by atoms with Crippen LogP contribution in [0.3, 0.4) is 0 Å². The molecule has 2 aliphatic rings. The maximum Gasteiger partial charge on any atom is 0.490 e. The number of benzene rings is 1. The molecular weight excluding hydrogens is 487 g/mol. The van der Waals surface area contributed by atoms with Crippen molar-refractivity contribution in [3.8, 4) is 0 Å². The van der Waals surface area contributed by atoms with Gasteiger partial charge >= 0.3 is 18.1 Å². The van der Waals surface area contributed by atoms with E-state index in [1.807, 2.05) is 0 Å². The summed E-state index contributed by atoms with van der Waals surface area (Å²) in [5, 5.41) is 27.7. The highest BCUT2D eigenvalue weighted by molar-refractivity contribution is 8.00. The first kappa shape index (κ1) is 27.1. The number of amides is 2. The molecule has 1 saturated heterocycles. The molecule has 0 bridgehead atoms. The second-order valence-electron chi connectivity index (χ2n) is 6.87. The lowest BCUT2D eigenvalue weighted by Gasteiger charge is -2.55. The normalized spacial score (nSPS) is 22.6. The fourth-order valence-corrected chi connectivity index (χ4v) is 4.57. The number of aliphatic hydroxyl groups excluding tert-OH is 1. The smallest absolute Gasteiger partial charge is 0.477 e. The van der Waals surface area contributed by atoms with E-state index < -0.39 is 53.7 Å². The molecule has 1 aromatic rings. The van der Waals surface area contributed by atoms with Gasteiger partial charge in [0.2, 0.25) is 5.91 Å². The van der Waals surface area contributed by atoms with Gasteiger partial charge in [0.25, 0.3) is 11.6 Å². The zero-order valence-corrected chi connectivity index (χ0v) is 18.2. The molecule has 0 radical (unpaired) electrons. The number of nitrogens with one attached hydrogen (secondary N) is 1. The number of carbonyl (C=O) groups is 4. The monoisotopic (exact) mass is 507 g/mol. The number of thioether (sulfide) groups is 1. The van der Waals surface area contributed by atoms with E-state index in [1.54, 1.807) is 30.3 Å². The number of β-lactam (4-membered cyclic amide) rings is 1. The summed E-state index contributed by atoms with van der Waals surface area (Å²) >= 11 is 1.19. The van der Waals surface area contributed by atoms with Crippen molar-refractivity contribution in [2.75, 3.05) is 19.5 Å². The maximum absolute atomic E-state index is 12.8. The van der Waals surface area contributed by atoms with Crippen LogP contribution in [0.15, 0.2) is 41.6 Å². The predicted octanol–water partition coefficient (Wildman–Crippen LogP) is 0.0247. The minimum atomic E-state index is -5.08. The Morgan fingerprint density at radius 2 is 1.85 bits per heavy atom. The summed E-state index contributed by atoms with van der Waals surface area (Å²) in [5.41, 5.74) is 4.78. The van der Waals surface area contributed by atoms with Gasteiger partial charge in [0.1, 0.15) is 17.1 Å². The van der Waals surface area contributed by atoms with Gasteiger partial charge in [0, 0.05) is 12.9 Å². The topological polar surface area (TPSA) is 179 Å². The highest BCUT2D eigenvalue weighted by Gasteiger charge is 2.66. The van der Waals surface area contributed by atoms with Gasteiger partial charge in [0.15, 0.2) is 0 Å². The summed E-state index contributed by atoms with van der Waals surface area (Å²) in [5.74, 6) is -5.23. The number of fused-ring (bicyclic) bond motifs is 1. The summed E-state index contributed by atoms with van der Waals surface area (Å²) in [7, 11) is 1.26. The number of carboxylic acid groups (broad SMARTS) is 2. The van der Waals surface area contributed by atoms with Crippen LogP contribution in [0.4, 0.5) is 13.2 Å². The molecule has 0 saturated carbocycles. The molecule has 34 heavy (non-hydrogen) atoms. The van der Waals surface area contributed by atoms with Gasteiger partial charge in [-0.25, -0.2) is 9.59 Å². The Morgan fingerprint density at radius 3 is 2.29 bits per heavy atom. The molecule has 1 fully saturated rings. The van der Waals surface area contributed by atoms with Crippen molar-refractivity contribution in [2.24, 2.45) is 5.73 Å². The van der Waals surface area contributed by atoms with Crippen LogP contribution in [0, 0.1) is 0 Å². The van der Waals surface area contributed by atoms with Crippen molar-refractivity contribution < 1.29 is 52.4 Å². The molecule has 186 valence electrons. The number of hydrogen-bond donors (Lipinski definition) is 5. The molecular formula is C19H20F3N3O8S. The largest absolute Gasteiger partial charge is 0.490 e. The van der Waals surface area contributed by atoms with E-state index in [0.717, 1.165) is 4.90 Å². The van der Waals surface area contributed by atoms with E-state index in [9.17, 15) is 37.8 Å². The Hall–Kier alpha value is -3.14. The standard InChI is InChI=1S/C17H19N3O6S.C2HF3O2/c1-26-17(19-13(22)11(18)9-5-3-2-4-6-9)15(25)20-12(14(23)24)10(7-21)8-27-16(17)20;3-2(4,5)1(6)7/h2-6,11,16,21H,7-8,18H2,1H3,(H,19,22)(H,23,24);(H,6,7)/t11?,16?,17-;/m0./s1. The summed E-state index contributed by atoms with van der Waals surface area (Å²) in [6, 6.07) is 7.62. The zero-order chi connectivity index (χ0) is 25.8. The van der Waals surface area contributed by atoms with Crippen molar-refractivity contribution in [3.05, 3.63) is 47.2 Å². The number of methoxy groups -OCH3 is 1. The predicted molar refractivity (Wildman–Crippen MR) is 110 cm³/mol. The summed E-state index contributed by atoms with van der Waals surface area (Å²) in [6.07, 6.45) is -5.08. The summed E-state index contributed by atoms with van der Waals surface area (Å²) < 4.78 is 37.1. The quantitative estimate of drug-likeness (QED) is 0.260. The number of halogens is 3. The Balaban J connectivity index is 0.000000509. The van der Waals surface area contributed by atoms with Crippen LogP contribution < -0.4 is 11.1 Å². The van der Waals surface area contributed by atoms with E-state index in [1.165, 1.54) is 18.9 Å². The lowest BCUT2D eigenvalue weighted by atomic mass is 9.97. The zero-order valence-electron chi connectivity index (χ0n) is 17.4. The average molecular weight is 507 g/mol. The Morgan fingerprint density at radius 1 is 1.29 bits per heavy atom. The van der Waals surface area contributed by atoms with E-state index in [-0.39, 0.29) is 17.0 Å². The van der Waals surface area contributed by atoms with Gasteiger partial charge in [-0.05, 0) is 11.1 Å². The van der Waals surface area contributed by atoms with Gasteiger partial charge in [-0.15, -0.1) is 11.8 Å². The second kappa shape index (κ2) is 10.4. The Kier molecular flexibility index (Phi) is 8.31. The van der Waals surface area contributed by atoms with Crippen LogP contribution in [0.1, 0.15) is 11.6 Å². The highest BCUT2D eigenvalue weighted by Crippen LogP contribution is 2.46. The first-order chi connectivity index (χ1) is 15.8. The fourth-order valence-electron chi connectivity index (χ4n) is 3.14. The van der Waals surface area contributed by atoms with Crippen LogP contribution in [-0.2, 0) is 23.9 Å². The number of ether oxygens (including phenoxy) is 1. The number of nitrogens with two attached hydrogens (primary N) is 1. The number of carbonyl (C=O) groups excluding carboxylic acids is 2. The van der Waals surface area contributed by atoms with E-state index in [4.69, 9.17) is 20.4 Å². The van der Waals surface area contributed by atoms with Crippen molar-refractivity contribution in [2.45, 2.75) is 23.3 Å². The molecule has 2 amide bonds. The number of aliphatic carboxylic acids is 2. The fraction of sp³-hybridized carbons (Fsp3) is 0.368. The van der Waals surface area contributed by atoms with Crippen LogP contribution in [-0.4, -0.2) is 80.7 Å². The maximum atomic E-state index is 12.8. The third kappa shape index (κ3) is 5.16. The molecule has 2 aliphatic heterocycles. The van der Waals surface area contributed by atoms with Crippen LogP contribution >= 0.6 is 11.8 Å². The number of hydrogen-bond acceptors (Lipinski definition) is 8. The third-order valence-corrected chi connectivity index (χ3v) is 6.19.